The van der Waals surface area contributed by atoms with E-state index in [2.05, 4.69) is 10.2 Å². The highest BCUT2D eigenvalue weighted by Crippen LogP contribution is 2.25. The molecule has 2 atom stereocenters. The first-order valence-electron chi connectivity index (χ1n) is 6.56. The lowest BCUT2D eigenvalue weighted by atomic mass is 10.1. The third kappa shape index (κ3) is 5.78. The fourth-order valence-corrected chi connectivity index (χ4v) is 2.26. The molecule has 0 aromatic rings. The maximum atomic E-state index is 12.4. The van der Waals surface area contributed by atoms with E-state index in [1.807, 2.05) is 0 Å². The molecule has 1 fully saturated rings. The Morgan fingerprint density at radius 1 is 1.32 bits per heavy atom. The van der Waals surface area contributed by atoms with Crippen LogP contribution in [0.5, 0.6) is 0 Å². The summed E-state index contributed by atoms with van der Waals surface area (Å²) in [4.78, 5) is 12.8. The van der Waals surface area contributed by atoms with Gasteiger partial charge in [0.1, 0.15) is 0 Å². The summed E-state index contributed by atoms with van der Waals surface area (Å²) in [5, 5.41) is 11.2. The highest BCUT2D eigenvalue weighted by Gasteiger charge is 2.44. The van der Waals surface area contributed by atoms with E-state index in [0.717, 1.165) is 25.9 Å². The van der Waals surface area contributed by atoms with E-state index in [9.17, 15) is 18.0 Å². The third-order valence-electron chi connectivity index (χ3n) is 3.34. The van der Waals surface area contributed by atoms with Crippen LogP contribution in [0.15, 0.2) is 0 Å². The molecule has 2 N–H and O–H groups in total. The summed E-state index contributed by atoms with van der Waals surface area (Å²) in [7, 11) is 0. The van der Waals surface area contributed by atoms with Crippen molar-refractivity contribution in [2.24, 2.45) is 5.92 Å². The van der Waals surface area contributed by atoms with E-state index in [1.54, 1.807) is 6.92 Å². The van der Waals surface area contributed by atoms with Crippen molar-refractivity contribution >= 4 is 5.97 Å². The maximum Gasteiger partial charge on any atom is 0.403 e. The summed E-state index contributed by atoms with van der Waals surface area (Å²) in [6.07, 6.45) is -1.27. The Balaban J connectivity index is 2.35. The summed E-state index contributed by atoms with van der Waals surface area (Å²) in [5.41, 5.74) is 0. The van der Waals surface area contributed by atoms with E-state index in [1.165, 1.54) is 6.42 Å². The second-order valence-corrected chi connectivity index (χ2v) is 5.10. The van der Waals surface area contributed by atoms with Crippen LogP contribution in [0.3, 0.4) is 0 Å². The number of alkyl halides is 3. The number of carbonyl (C=O) groups is 1. The SMILES string of the molecule is CC(CN1CCCCC1)NCC(C(=O)O)C(F)(F)F. The number of nitrogens with one attached hydrogen (secondary N) is 1. The summed E-state index contributed by atoms with van der Waals surface area (Å²) in [5.74, 6) is -4.17. The van der Waals surface area contributed by atoms with Gasteiger partial charge in [0.2, 0.25) is 0 Å². The quantitative estimate of drug-likeness (QED) is 0.779. The minimum atomic E-state index is -4.70. The van der Waals surface area contributed by atoms with E-state index in [4.69, 9.17) is 5.11 Å². The van der Waals surface area contributed by atoms with Gasteiger partial charge < -0.3 is 15.3 Å². The van der Waals surface area contributed by atoms with Crippen molar-refractivity contribution in [3.63, 3.8) is 0 Å². The molecule has 0 aromatic carbocycles. The van der Waals surface area contributed by atoms with Crippen LogP contribution in [0.25, 0.3) is 0 Å². The molecule has 0 spiro atoms. The molecule has 0 radical (unpaired) electrons. The number of halogens is 3. The molecule has 0 bridgehead atoms. The van der Waals surface area contributed by atoms with Gasteiger partial charge in [-0.05, 0) is 32.9 Å². The zero-order valence-corrected chi connectivity index (χ0v) is 11.0. The first-order chi connectivity index (χ1) is 8.80. The summed E-state index contributed by atoms with van der Waals surface area (Å²) < 4.78 is 37.3. The molecule has 19 heavy (non-hydrogen) atoms. The van der Waals surface area contributed by atoms with Gasteiger partial charge in [0.15, 0.2) is 5.92 Å². The monoisotopic (exact) mass is 282 g/mol. The Morgan fingerprint density at radius 2 is 1.89 bits per heavy atom. The topological polar surface area (TPSA) is 52.6 Å². The largest absolute Gasteiger partial charge is 0.481 e. The van der Waals surface area contributed by atoms with E-state index in [-0.39, 0.29) is 6.04 Å². The lowest BCUT2D eigenvalue weighted by Gasteiger charge is -2.30. The average Bonchev–Trinajstić information content (AvgIpc) is 2.28. The number of hydrogen-bond acceptors (Lipinski definition) is 3. The van der Waals surface area contributed by atoms with Crippen LogP contribution in [-0.2, 0) is 4.79 Å². The zero-order chi connectivity index (χ0) is 14.5. The predicted molar refractivity (Wildman–Crippen MR) is 64.9 cm³/mol. The third-order valence-corrected chi connectivity index (χ3v) is 3.34. The van der Waals surface area contributed by atoms with Crippen LogP contribution >= 0.6 is 0 Å². The number of carboxylic acid groups (broad SMARTS) is 1. The number of hydrogen-bond donors (Lipinski definition) is 2. The van der Waals surface area contributed by atoms with Gasteiger partial charge in [-0.2, -0.15) is 13.2 Å². The van der Waals surface area contributed by atoms with Crippen LogP contribution < -0.4 is 5.32 Å². The summed E-state index contributed by atoms with van der Waals surface area (Å²) >= 11 is 0. The normalized spacial score (nSPS) is 21.1. The summed E-state index contributed by atoms with van der Waals surface area (Å²) in [6, 6.07) is -0.151. The van der Waals surface area contributed by atoms with E-state index >= 15 is 0 Å². The lowest BCUT2D eigenvalue weighted by Crippen LogP contribution is -2.46. The second kappa shape index (κ2) is 7.09. The Morgan fingerprint density at radius 3 is 2.37 bits per heavy atom. The van der Waals surface area contributed by atoms with Gasteiger partial charge in [-0.1, -0.05) is 6.42 Å². The van der Waals surface area contributed by atoms with Gasteiger partial charge in [-0.3, -0.25) is 4.79 Å². The van der Waals surface area contributed by atoms with Crippen molar-refractivity contribution in [2.75, 3.05) is 26.2 Å². The van der Waals surface area contributed by atoms with Crippen molar-refractivity contribution < 1.29 is 23.1 Å². The molecule has 1 saturated heterocycles. The van der Waals surface area contributed by atoms with Crippen molar-refractivity contribution in [1.82, 2.24) is 10.2 Å². The lowest BCUT2D eigenvalue weighted by molar-refractivity contribution is -0.192. The van der Waals surface area contributed by atoms with Crippen LogP contribution in [0.4, 0.5) is 13.2 Å². The second-order valence-electron chi connectivity index (χ2n) is 5.10. The first kappa shape index (κ1) is 16.2. The molecule has 1 aliphatic rings. The zero-order valence-electron chi connectivity index (χ0n) is 11.0. The molecule has 2 unspecified atom stereocenters. The van der Waals surface area contributed by atoms with Crippen LogP contribution in [-0.4, -0.2) is 54.4 Å². The first-order valence-corrected chi connectivity index (χ1v) is 6.56. The summed E-state index contributed by atoms with van der Waals surface area (Å²) in [6.45, 7) is 3.79. The Kier molecular flexibility index (Phi) is 6.06. The number of carboxylic acids is 1. The highest BCUT2D eigenvalue weighted by atomic mass is 19.4. The average molecular weight is 282 g/mol. The molecule has 4 nitrogen and oxygen atoms in total. The van der Waals surface area contributed by atoms with Crippen molar-refractivity contribution in [2.45, 2.75) is 38.4 Å². The molecule has 7 heteroatoms. The molecule has 1 heterocycles. The van der Waals surface area contributed by atoms with Gasteiger partial charge >= 0.3 is 12.1 Å². The Bertz CT molecular complexity index is 291. The molecule has 1 aliphatic heterocycles. The van der Waals surface area contributed by atoms with Crippen molar-refractivity contribution in [3.8, 4) is 0 Å². The Labute approximate surface area is 111 Å². The van der Waals surface area contributed by atoms with Gasteiger partial charge in [0.25, 0.3) is 0 Å². The standard InChI is InChI=1S/C12H21F3N2O2/c1-9(8-17-5-3-2-4-6-17)16-7-10(11(18)19)12(13,14)15/h9-10,16H,2-8H2,1H3,(H,18,19). The minimum Gasteiger partial charge on any atom is -0.481 e. The number of rotatable bonds is 6. The van der Waals surface area contributed by atoms with Gasteiger partial charge in [0, 0.05) is 19.1 Å². The van der Waals surface area contributed by atoms with Crippen LogP contribution in [0.1, 0.15) is 26.2 Å². The van der Waals surface area contributed by atoms with Crippen LogP contribution in [0.2, 0.25) is 0 Å². The number of aliphatic carboxylic acids is 1. The molecule has 112 valence electrons. The predicted octanol–water partition coefficient (Wildman–Crippen LogP) is 1.71. The number of nitrogens with zero attached hydrogens (tertiary/aromatic N) is 1. The molecule has 0 amide bonds. The Hall–Kier alpha value is -0.820. The van der Waals surface area contributed by atoms with Crippen molar-refractivity contribution in [1.29, 1.82) is 0 Å². The van der Waals surface area contributed by atoms with E-state index in [0.29, 0.717) is 6.54 Å². The smallest absolute Gasteiger partial charge is 0.403 e. The van der Waals surface area contributed by atoms with Gasteiger partial charge in [-0.25, -0.2) is 0 Å². The minimum absolute atomic E-state index is 0.151. The molecule has 0 aliphatic carbocycles. The van der Waals surface area contributed by atoms with Crippen LogP contribution in [0, 0.1) is 5.92 Å². The number of piperidine rings is 1. The maximum absolute atomic E-state index is 12.4. The van der Waals surface area contributed by atoms with Gasteiger partial charge in [-0.15, -0.1) is 0 Å². The fraction of sp³-hybridized carbons (Fsp3) is 0.917. The molecule has 1 rings (SSSR count). The molecular weight excluding hydrogens is 261 g/mol. The highest BCUT2D eigenvalue weighted by molar-refractivity contribution is 5.71. The fourth-order valence-electron chi connectivity index (χ4n) is 2.26. The van der Waals surface area contributed by atoms with E-state index < -0.39 is 24.6 Å². The molecule has 0 aromatic heterocycles. The van der Waals surface area contributed by atoms with Crippen molar-refractivity contribution in [3.05, 3.63) is 0 Å². The van der Waals surface area contributed by atoms with Gasteiger partial charge in [0.05, 0.1) is 0 Å². The molecular formula is C12H21F3N2O2. The number of likely N-dealkylation sites (tertiary alicyclic amines) is 1. The molecule has 0 saturated carbocycles.